The Hall–Kier alpha value is -0.0900. The van der Waals surface area contributed by atoms with E-state index in [9.17, 15) is 4.79 Å². The first kappa shape index (κ1) is 14.9. The molecule has 4 heteroatoms. The summed E-state index contributed by atoms with van der Waals surface area (Å²) in [5.41, 5.74) is 0. The van der Waals surface area contributed by atoms with E-state index in [-0.39, 0.29) is 5.91 Å². The molecule has 1 amide bonds. The van der Waals surface area contributed by atoms with Gasteiger partial charge in [-0.1, -0.05) is 15.9 Å². The Morgan fingerprint density at radius 1 is 1.20 bits per heavy atom. The number of amides is 1. The molecule has 0 unspecified atom stereocenters. The highest BCUT2D eigenvalue weighted by molar-refractivity contribution is 9.09. The Balaban J connectivity index is 3.10. The third kappa shape index (κ3) is 11.8. The molecule has 0 aromatic carbocycles. The van der Waals surface area contributed by atoms with E-state index in [2.05, 4.69) is 21.2 Å². The van der Waals surface area contributed by atoms with Crippen LogP contribution in [0.3, 0.4) is 0 Å². The van der Waals surface area contributed by atoms with Crippen molar-refractivity contribution in [2.24, 2.45) is 0 Å². The summed E-state index contributed by atoms with van der Waals surface area (Å²) in [7, 11) is 1.71. The molecule has 0 saturated carbocycles. The quantitative estimate of drug-likeness (QED) is 0.493. The molecule has 0 radical (unpaired) electrons. The minimum atomic E-state index is 0.183. The van der Waals surface area contributed by atoms with Crippen LogP contribution < -0.4 is 5.32 Å². The van der Waals surface area contributed by atoms with Gasteiger partial charge in [0.15, 0.2) is 0 Å². The second-order valence-corrected chi connectivity index (χ2v) is 4.34. The second-order valence-electron chi connectivity index (χ2n) is 3.55. The van der Waals surface area contributed by atoms with Gasteiger partial charge in [-0.05, 0) is 32.1 Å². The van der Waals surface area contributed by atoms with Gasteiger partial charge in [-0.15, -0.1) is 0 Å². The standard InChI is InChI=1S/C11H22BrNO2/c1-15-10-6-2-5-9-13-11(14)7-3-4-8-12/h2-10H2,1H3,(H,13,14). The fourth-order valence-electron chi connectivity index (χ4n) is 1.24. The van der Waals surface area contributed by atoms with Crippen LogP contribution in [-0.4, -0.2) is 31.5 Å². The molecule has 1 N–H and O–H groups in total. The molecule has 0 bridgehead atoms. The summed E-state index contributed by atoms with van der Waals surface area (Å²) in [5, 5.41) is 3.91. The van der Waals surface area contributed by atoms with Gasteiger partial charge in [-0.25, -0.2) is 0 Å². The summed E-state index contributed by atoms with van der Waals surface area (Å²) in [6, 6.07) is 0. The third-order valence-corrected chi connectivity index (χ3v) is 2.70. The van der Waals surface area contributed by atoms with Crippen molar-refractivity contribution in [2.75, 3.05) is 25.6 Å². The van der Waals surface area contributed by atoms with Crippen molar-refractivity contribution in [3.05, 3.63) is 0 Å². The zero-order valence-electron chi connectivity index (χ0n) is 9.56. The summed E-state index contributed by atoms with van der Waals surface area (Å²) in [5.74, 6) is 0.183. The van der Waals surface area contributed by atoms with Crippen LogP contribution in [0.5, 0.6) is 0 Å². The first-order valence-corrected chi connectivity index (χ1v) is 6.75. The lowest BCUT2D eigenvalue weighted by atomic mass is 10.2. The molecular weight excluding hydrogens is 258 g/mol. The van der Waals surface area contributed by atoms with Gasteiger partial charge in [0.2, 0.25) is 5.91 Å². The van der Waals surface area contributed by atoms with Gasteiger partial charge in [0.25, 0.3) is 0 Å². The molecule has 0 atom stereocenters. The van der Waals surface area contributed by atoms with Crippen molar-refractivity contribution < 1.29 is 9.53 Å². The molecule has 0 rings (SSSR count). The minimum absolute atomic E-state index is 0.183. The number of nitrogens with one attached hydrogen (secondary N) is 1. The van der Waals surface area contributed by atoms with Gasteiger partial charge >= 0.3 is 0 Å². The zero-order chi connectivity index (χ0) is 11.4. The van der Waals surface area contributed by atoms with Gasteiger partial charge in [0.05, 0.1) is 0 Å². The molecule has 0 aromatic heterocycles. The number of rotatable bonds is 10. The number of carbonyl (C=O) groups is 1. The number of unbranched alkanes of at least 4 members (excludes halogenated alkanes) is 3. The number of hydrogen-bond donors (Lipinski definition) is 1. The maximum atomic E-state index is 11.3. The number of carbonyl (C=O) groups excluding carboxylic acids is 1. The molecule has 0 aliphatic heterocycles. The van der Waals surface area contributed by atoms with Crippen molar-refractivity contribution in [3.63, 3.8) is 0 Å². The summed E-state index contributed by atoms with van der Waals surface area (Å²) < 4.78 is 4.94. The lowest BCUT2D eigenvalue weighted by molar-refractivity contribution is -0.121. The Bertz CT molecular complexity index is 154. The van der Waals surface area contributed by atoms with E-state index in [1.54, 1.807) is 7.11 Å². The molecule has 0 aliphatic rings. The van der Waals surface area contributed by atoms with Crippen LogP contribution in [0.1, 0.15) is 38.5 Å². The molecule has 0 aliphatic carbocycles. The highest BCUT2D eigenvalue weighted by Crippen LogP contribution is 1.99. The van der Waals surface area contributed by atoms with E-state index < -0.39 is 0 Å². The lowest BCUT2D eigenvalue weighted by Crippen LogP contribution is -2.24. The maximum Gasteiger partial charge on any atom is 0.219 e. The molecule has 0 heterocycles. The van der Waals surface area contributed by atoms with Crippen LogP contribution in [0.2, 0.25) is 0 Å². The smallest absolute Gasteiger partial charge is 0.219 e. The normalized spacial score (nSPS) is 10.3. The predicted octanol–water partition coefficient (Wildman–Crippen LogP) is 2.48. The number of methoxy groups -OCH3 is 1. The van der Waals surface area contributed by atoms with E-state index in [0.717, 1.165) is 50.6 Å². The highest BCUT2D eigenvalue weighted by atomic mass is 79.9. The maximum absolute atomic E-state index is 11.3. The number of halogens is 1. The van der Waals surface area contributed by atoms with Crippen molar-refractivity contribution in [3.8, 4) is 0 Å². The largest absolute Gasteiger partial charge is 0.385 e. The van der Waals surface area contributed by atoms with Crippen molar-refractivity contribution in [1.29, 1.82) is 0 Å². The fourth-order valence-corrected chi connectivity index (χ4v) is 1.64. The SMILES string of the molecule is COCCCCCNC(=O)CCCCBr. The van der Waals surface area contributed by atoms with Crippen LogP contribution in [0.15, 0.2) is 0 Å². The molecule has 0 saturated heterocycles. The van der Waals surface area contributed by atoms with Gasteiger partial charge in [0.1, 0.15) is 0 Å². The van der Waals surface area contributed by atoms with Crippen molar-refractivity contribution >= 4 is 21.8 Å². The Morgan fingerprint density at radius 3 is 2.67 bits per heavy atom. The summed E-state index contributed by atoms with van der Waals surface area (Å²) in [4.78, 5) is 11.3. The van der Waals surface area contributed by atoms with E-state index >= 15 is 0 Å². The van der Waals surface area contributed by atoms with Crippen LogP contribution in [-0.2, 0) is 9.53 Å². The van der Waals surface area contributed by atoms with Gasteiger partial charge in [-0.2, -0.15) is 0 Å². The average Bonchev–Trinajstić information content (AvgIpc) is 2.23. The fraction of sp³-hybridized carbons (Fsp3) is 0.909. The molecule has 0 spiro atoms. The molecule has 0 fully saturated rings. The van der Waals surface area contributed by atoms with Crippen molar-refractivity contribution in [1.82, 2.24) is 5.32 Å². The molecular formula is C11H22BrNO2. The van der Waals surface area contributed by atoms with Gasteiger partial charge in [0, 0.05) is 32.0 Å². The molecule has 15 heavy (non-hydrogen) atoms. The van der Waals surface area contributed by atoms with Gasteiger partial charge < -0.3 is 10.1 Å². The van der Waals surface area contributed by atoms with E-state index in [4.69, 9.17) is 4.74 Å². The first-order valence-electron chi connectivity index (χ1n) is 5.63. The number of alkyl halides is 1. The van der Waals surface area contributed by atoms with Gasteiger partial charge in [-0.3, -0.25) is 4.79 Å². The Labute approximate surface area is 101 Å². The zero-order valence-corrected chi connectivity index (χ0v) is 11.1. The van der Waals surface area contributed by atoms with Crippen LogP contribution >= 0.6 is 15.9 Å². The van der Waals surface area contributed by atoms with Crippen LogP contribution in [0, 0.1) is 0 Å². The topological polar surface area (TPSA) is 38.3 Å². The van der Waals surface area contributed by atoms with Crippen LogP contribution in [0.25, 0.3) is 0 Å². The van der Waals surface area contributed by atoms with E-state index in [0.29, 0.717) is 6.42 Å². The Kier molecular flexibility index (Phi) is 11.9. The predicted molar refractivity (Wildman–Crippen MR) is 66.4 cm³/mol. The van der Waals surface area contributed by atoms with E-state index in [1.807, 2.05) is 0 Å². The summed E-state index contributed by atoms with van der Waals surface area (Å²) >= 11 is 3.34. The Morgan fingerprint density at radius 2 is 2.00 bits per heavy atom. The average molecular weight is 280 g/mol. The lowest BCUT2D eigenvalue weighted by Gasteiger charge is -2.04. The minimum Gasteiger partial charge on any atom is -0.385 e. The molecule has 0 aromatic rings. The summed E-state index contributed by atoms with van der Waals surface area (Å²) in [6.07, 6.45) is 5.95. The second kappa shape index (κ2) is 12.0. The molecule has 3 nitrogen and oxygen atoms in total. The van der Waals surface area contributed by atoms with Crippen LogP contribution in [0.4, 0.5) is 0 Å². The monoisotopic (exact) mass is 279 g/mol. The first-order chi connectivity index (χ1) is 7.31. The highest BCUT2D eigenvalue weighted by Gasteiger charge is 1.99. The molecule has 90 valence electrons. The van der Waals surface area contributed by atoms with Crippen molar-refractivity contribution in [2.45, 2.75) is 38.5 Å². The van der Waals surface area contributed by atoms with E-state index in [1.165, 1.54) is 0 Å². The number of hydrogen-bond acceptors (Lipinski definition) is 2. The number of ether oxygens (including phenoxy) is 1. The summed E-state index contributed by atoms with van der Waals surface area (Å²) in [6.45, 7) is 1.62. The third-order valence-electron chi connectivity index (χ3n) is 2.13.